The number of carbonyl (C=O) groups excluding carboxylic acids is 4. The fourth-order valence-corrected chi connectivity index (χ4v) is 3.02. The third-order valence-electron chi connectivity index (χ3n) is 3.94. The number of fused-ring (bicyclic) bond motifs is 1. The lowest BCUT2D eigenvalue weighted by molar-refractivity contribution is -0.161. The Labute approximate surface area is 108 Å². The van der Waals surface area contributed by atoms with Crippen molar-refractivity contribution in [2.45, 2.75) is 32.0 Å². The van der Waals surface area contributed by atoms with Gasteiger partial charge in [0.25, 0.3) is 0 Å². The van der Waals surface area contributed by atoms with Gasteiger partial charge in [-0.15, -0.1) is 0 Å². The summed E-state index contributed by atoms with van der Waals surface area (Å²) in [5, 5.41) is 0. The minimum atomic E-state index is -0.695. The Bertz CT molecular complexity index is 482. The van der Waals surface area contributed by atoms with Gasteiger partial charge in [0.2, 0.25) is 0 Å². The topological polar surface area (TPSA) is 96.0 Å². The Balaban J connectivity index is 1.80. The zero-order valence-corrected chi connectivity index (χ0v) is 10.2. The molecule has 0 aromatic heterocycles. The maximum Gasteiger partial charge on any atom is 0.320 e. The van der Waals surface area contributed by atoms with Gasteiger partial charge < -0.3 is 14.2 Å². The molecule has 0 spiro atoms. The summed E-state index contributed by atoms with van der Waals surface area (Å²) in [7, 11) is 0. The highest BCUT2D eigenvalue weighted by Gasteiger charge is 2.55. The van der Waals surface area contributed by atoms with Gasteiger partial charge >= 0.3 is 23.9 Å². The van der Waals surface area contributed by atoms with Crippen molar-refractivity contribution in [2.75, 3.05) is 0 Å². The lowest BCUT2D eigenvalue weighted by Gasteiger charge is -2.35. The molecule has 7 heteroatoms. The molecule has 102 valence electrons. The molecule has 0 N–H and O–H groups in total. The van der Waals surface area contributed by atoms with Crippen molar-refractivity contribution in [3.8, 4) is 0 Å². The van der Waals surface area contributed by atoms with E-state index in [0.29, 0.717) is 0 Å². The quantitative estimate of drug-likeness (QED) is 0.470. The summed E-state index contributed by atoms with van der Waals surface area (Å²) in [6.45, 7) is 1.66. The van der Waals surface area contributed by atoms with Crippen LogP contribution < -0.4 is 0 Å². The first-order valence-corrected chi connectivity index (χ1v) is 6.13. The zero-order chi connectivity index (χ0) is 13.7. The summed E-state index contributed by atoms with van der Waals surface area (Å²) in [5.74, 6) is -4.27. The van der Waals surface area contributed by atoms with Crippen molar-refractivity contribution < 1.29 is 33.4 Å². The van der Waals surface area contributed by atoms with Crippen LogP contribution in [0.3, 0.4) is 0 Å². The summed E-state index contributed by atoms with van der Waals surface area (Å²) in [6, 6.07) is 0. The van der Waals surface area contributed by atoms with Gasteiger partial charge in [-0.2, -0.15) is 0 Å². The third-order valence-corrected chi connectivity index (χ3v) is 3.94. The van der Waals surface area contributed by atoms with E-state index in [-0.39, 0.29) is 12.8 Å². The van der Waals surface area contributed by atoms with Crippen molar-refractivity contribution in [2.24, 2.45) is 17.8 Å². The Morgan fingerprint density at radius 1 is 0.947 bits per heavy atom. The minimum absolute atomic E-state index is 0.0450. The lowest BCUT2D eigenvalue weighted by Crippen LogP contribution is -2.45. The van der Waals surface area contributed by atoms with Crippen LogP contribution in [0.25, 0.3) is 0 Å². The van der Waals surface area contributed by atoms with E-state index in [1.165, 1.54) is 0 Å². The molecule has 0 bridgehead atoms. The molecule has 7 nitrogen and oxygen atoms in total. The van der Waals surface area contributed by atoms with Crippen LogP contribution in [0.1, 0.15) is 19.8 Å². The average Bonchev–Trinajstić information content (AvgIpc) is 2.80. The number of hydrogen-bond acceptors (Lipinski definition) is 7. The van der Waals surface area contributed by atoms with Gasteiger partial charge in [0.15, 0.2) is 0 Å². The lowest BCUT2D eigenvalue weighted by atomic mass is 9.80. The van der Waals surface area contributed by atoms with Gasteiger partial charge in [-0.1, -0.05) is 0 Å². The SMILES string of the molecule is CC1OC(C2CC(=O)OC2=O)CC2C(=O)OC(=O)C12. The van der Waals surface area contributed by atoms with Gasteiger partial charge in [-0.25, -0.2) is 0 Å². The molecule has 5 atom stereocenters. The molecule has 0 aliphatic carbocycles. The Morgan fingerprint density at radius 3 is 2.26 bits per heavy atom. The van der Waals surface area contributed by atoms with Crippen molar-refractivity contribution in [3.05, 3.63) is 0 Å². The summed E-state index contributed by atoms with van der Waals surface area (Å²) in [5.41, 5.74) is 0. The Morgan fingerprint density at radius 2 is 1.63 bits per heavy atom. The molecule has 0 amide bonds. The monoisotopic (exact) mass is 268 g/mol. The predicted molar refractivity (Wildman–Crippen MR) is 56.2 cm³/mol. The molecule has 19 heavy (non-hydrogen) atoms. The molecule has 3 saturated heterocycles. The number of rotatable bonds is 1. The number of esters is 4. The molecule has 5 unspecified atom stereocenters. The van der Waals surface area contributed by atoms with Crippen LogP contribution in [0.2, 0.25) is 0 Å². The van der Waals surface area contributed by atoms with Gasteiger partial charge in [-0.05, 0) is 13.3 Å². The van der Waals surface area contributed by atoms with Crippen LogP contribution >= 0.6 is 0 Å². The van der Waals surface area contributed by atoms with E-state index in [0.717, 1.165) is 0 Å². The van der Waals surface area contributed by atoms with Crippen LogP contribution in [-0.4, -0.2) is 36.1 Å². The Kier molecular flexibility index (Phi) is 2.67. The third kappa shape index (κ3) is 1.85. The van der Waals surface area contributed by atoms with Crippen LogP contribution in [0.5, 0.6) is 0 Å². The highest BCUT2D eigenvalue weighted by atomic mass is 16.6. The molecular weight excluding hydrogens is 256 g/mol. The maximum absolute atomic E-state index is 11.6. The number of cyclic esters (lactones) is 4. The van der Waals surface area contributed by atoms with Crippen molar-refractivity contribution >= 4 is 23.9 Å². The highest BCUT2D eigenvalue weighted by Crippen LogP contribution is 2.40. The second kappa shape index (κ2) is 4.12. The van der Waals surface area contributed by atoms with Crippen LogP contribution in [0.15, 0.2) is 0 Å². The molecule has 0 saturated carbocycles. The largest absolute Gasteiger partial charge is 0.393 e. The predicted octanol–water partition coefficient (Wildman–Crippen LogP) is -0.431. The minimum Gasteiger partial charge on any atom is -0.393 e. The van der Waals surface area contributed by atoms with Gasteiger partial charge in [0.05, 0.1) is 36.4 Å². The first kappa shape index (κ1) is 12.3. The van der Waals surface area contributed by atoms with Crippen molar-refractivity contribution in [3.63, 3.8) is 0 Å². The van der Waals surface area contributed by atoms with E-state index in [1.54, 1.807) is 6.92 Å². The average molecular weight is 268 g/mol. The van der Waals surface area contributed by atoms with Crippen LogP contribution in [0.4, 0.5) is 0 Å². The number of carbonyl (C=O) groups is 4. The Hall–Kier alpha value is -1.76. The van der Waals surface area contributed by atoms with Gasteiger partial charge in [-0.3, -0.25) is 19.2 Å². The molecule has 3 aliphatic rings. The van der Waals surface area contributed by atoms with E-state index >= 15 is 0 Å². The number of ether oxygens (including phenoxy) is 3. The molecule has 0 radical (unpaired) electrons. The summed E-state index contributed by atoms with van der Waals surface area (Å²) in [4.78, 5) is 45.7. The molecule has 3 heterocycles. The summed E-state index contributed by atoms with van der Waals surface area (Å²) in [6.07, 6.45) is -0.955. The first-order chi connectivity index (χ1) is 8.97. The molecule has 0 aromatic carbocycles. The van der Waals surface area contributed by atoms with Crippen LogP contribution in [0, 0.1) is 17.8 Å². The zero-order valence-electron chi connectivity index (χ0n) is 10.2. The molecule has 3 aliphatic heterocycles. The molecule has 0 aromatic rings. The standard InChI is InChI=1S/C12H12O7/c1-4-9-6(11(15)19-12(9)16)2-7(17-4)5-3-8(13)18-10(5)14/h4-7,9H,2-3H2,1H3. The van der Waals surface area contributed by atoms with E-state index in [2.05, 4.69) is 9.47 Å². The van der Waals surface area contributed by atoms with Gasteiger partial charge in [0, 0.05) is 0 Å². The van der Waals surface area contributed by atoms with Crippen molar-refractivity contribution in [1.82, 2.24) is 0 Å². The second-order valence-electron chi connectivity index (χ2n) is 5.09. The normalized spacial score (nSPS) is 42.1. The summed E-state index contributed by atoms with van der Waals surface area (Å²) < 4.78 is 14.7. The summed E-state index contributed by atoms with van der Waals surface area (Å²) >= 11 is 0. The highest BCUT2D eigenvalue weighted by molar-refractivity contribution is 5.97. The molecule has 3 fully saturated rings. The second-order valence-corrected chi connectivity index (χ2v) is 5.09. The first-order valence-electron chi connectivity index (χ1n) is 6.13. The fourth-order valence-electron chi connectivity index (χ4n) is 3.02. The van der Waals surface area contributed by atoms with E-state index < -0.39 is 53.8 Å². The number of hydrogen-bond donors (Lipinski definition) is 0. The molecule has 3 rings (SSSR count). The van der Waals surface area contributed by atoms with E-state index in [1.807, 2.05) is 0 Å². The van der Waals surface area contributed by atoms with E-state index in [4.69, 9.17) is 4.74 Å². The van der Waals surface area contributed by atoms with E-state index in [9.17, 15) is 19.2 Å². The smallest absolute Gasteiger partial charge is 0.320 e. The fraction of sp³-hybridized carbons (Fsp3) is 0.667. The van der Waals surface area contributed by atoms with Crippen LogP contribution in [-0.2, 0) is 33.4 Å². The van der Waals surface area contributed by atoms with Crippen molar-refractivity contribution in [1.29, 1.82) is 0 Å². The molecular formula is C12H12O7. The maximum atomic E-state index is 11.6. The van der Waals surface area contributed by atoms with Gasteiger partial charge in [0.1, 0.15) is 0 Å².